The third kappa shape index (κ3) is 5.12. The van der Waals surface area contributed by atoms with Gasteiger partial charge in [-0.15, -0.1) is 0 Å². The van der Waals surface area contributed by atoms with Gasteiger partial charge in [-0.1, -0.05) is 12.1 Å². The molecule has 1 amide bonds. The van der Waals surface area contributed by atoms with Crippen molar-refractivity contribution in [3.05, 3.63) is 60.1 Å². The first-order valence-electron chi connectivity index (χ1n) is 10.4. The topological polar surface area (TPSA) is 93.1 Å². The molecule has 1 aromatic carbocycles. The van der Waals surface area contributed by atoms with E-state index < -0.39 is 47.7 Å². The zero-order valence-corrected chi connectivity index (χ0v) is 18.4. The van der Waals surface area contributed by atoms with Gasteiger partial charge in [-0.2, -0.15) is 18.2 Å². The fraction of sp³-hybridized carbons (Fsp3) is 0.318. The number of aromatic nitrogens is 4. The first-order valence-corrected chi connectivity index (χ1v) is 10.4. The van der Waals surface area contributed by atoms with Crippen molar-refractivity contribution in [3.63, 3.8) is 0 Å². The summed E-state index contributed by atoms with van der Waals surface area (Å²) >= 11 is 0. The zero-order chi connectivity index (χ0) is 25.3. The molecule has 3 atom stereocenters. The lowest BCUT2D eigenvalue weighted by atomic mass is 10.1. The Labute approximate surface area is 196 Å². The van der Waals surface area contributed by atoms with Crippen LogP contribution in [0.1, 0.15) is 31.3 Å². The smallest absolute Gasteiger partial charge is 0.416 e. The molecule has 2 aromatic heterocycles. The molecule has 0 aliphatic carbocycles. The second kappa shape index (κ2) is 9.39. The van der Waals surface area contributed by atoms with E-state index in [0.29, 0.717) is 17.0 Å². The number of cyclic esters (lactones) is 1. The summed E-state index contributed by atoms with van der Waals surface area (Å²) in [5.74, 6) is -1.12. The van der Waals surface area contributed by atoms with E-state index in [0.717, 1.165) is 23.2 Å². The van der Waals surface area contributed by atoms with E-state index in [2.05, 4.69) is 25.3 Å². The molecule has 0 saturated carbocycles. The van der Waals surface area contributed by atoms with Crippen LogP contribution >= 0.6 is 0 Å². The number of anilines is 2. The molecule has 0 bridgehead atoms. The maximum Gasteiger partial charge on any atom is 0.416 e. The second-order valence-corrected chi connectivity index (χ2v) is 7.83. The molecule has 1 aliphatic rings. The van der Waals surface area contributed by atoms with Crippen LogP contribution in [0.25, 0.3) is 11.1 Å². The Morgan fingerprint density at radius 2 is 1.71 bits per heavy atom. The van der Waals surface area contributed by atoms with E-state index in [4.69, 9.17) is 4.74 Å². The van der Waals surface area contributed by atoms with Crippen molar-refractivity contribution < 1.29 is 31.5 Å². The highest BCUT2D eigenvalue weighted by atomic mass is 19.4. The van der Waals surface area contributed by atoms with Gasteiger partial charge in [0.25, 0.3) is 0 Å². The van der Waals surface area contributed by atoms with Gasteiger partial charge in [-0.3, -0.25) is 0 Å². The Balaban J connectivity index is 1.50. The first kappa shape index (κ1) is 24.2. The van der Waals surface area contributed by atoms with E-state index in [1.54, 1.807) is 6.92 Å². The van der Waals surface area contributed by atoms with Gasteiger partial charge in [-0.05, 0) is 31.5 Å². The molecule has 1 fully saturated rings. The molecule has 8 nitrogen and oxygen atoms in total. The lowest BCUT2D eigenvalue weighted by Crippen LogP contribution is -2.40. The van der Waals surface area contributed by atoms with Gasteiger partial charge in [0.15, 0.2) is 11.6 Å². The maximum absolute atomic E-state index is 14.4. The number of benzene rings is 1. The summed E-state index contributed by atoms with van der Waals surface area (Å²) in [5, 5.41) is 2.88. The lowest BCUT2D eigenvalue weighted by Gasteiger charge is -2.22. The van der Waals surface area contributed by atoms with Crippen molar-refractivity contribution in [1.29, 1.82) is 0 Å². The SMILES string of the molecule is C[C@H](Nc1ncc(F)c(N2C(=O)OCC2[C@H](C)F)n1)c1ncc(-c2ccc(C(F)(F)F)cc2)cn1. The van der Waals surface area contributed by atoms with Gasteiger partial charge in [0.05, 0.1) is 17.8 Å². The molecule has 4 rings (SSSR count). The summed E-state index contributed by atoms with van der Waals surface area (Å²) in [5.41, 5.74) is 0.254. The van der Waals surface area contributed by atoms with Crippen molar-refractivity contribution in [1.82, 2.24) is 19.9 Å². The number of carbonyl (C=O) groups excluding carboxylic acids is 1. The summed E-state index contributed by atoms with van der Waals surface area (Å²) in [6.45, 7) is 2.67. The number of halogens is 5. The van der Waals surface area contributed by atoms with Gasteiger partial charge in [0.1, 0.15) is 24.6 Å². The number of amides is 1. The summed E-state index contributed by atoms with van der Waals surface area (Å²) in [4.78, 5) is 29.2. The number of rotatable bonds is 6. The molecule has 1 N–H and O–H groups in total. The average Bonchev–Trinajstić information content (AvgIpc) is 3.21. The second-order valence-electron chi connectivity index (χ2n) is 7.83. The Kier molecular flexibility index (Phi) is 6.50. The number of alkyl halides is 4. The molecular weight excluding hydrogens is 475 g/mol. The number of carbonyl (C=O) groups is 1. The molecular formula is C22H19F5N6O2. The van der Waals surface area contributed by atoms with Gasteiger partial charge in [0, 0.05) is 18.0 Å². The Hall–Kier alpha value is -3.90. The van der Waals surface area contributed by atoms with Crippen LogP contribution in [0.3, 0.4) is 0 Å². The standard InChI is InChI=1S/C22H19F5N6O2/c1-11(23)17-10-35-21(34)33(17)19-16(24)9-30-20(32-19)31-12(2)18-28-7-14(8-29-18)13-3-5-15(6-4-13)22(25,26)27/h3-9,11-12,17H,10H2,1-2H3,(H,30,31,32)/t11-,12-,17?/m0/s1. The van der Waals surface area contributed by atoms with Crippen LogP contribution < -0.4 is 10.2 Å². The highest BCUT2D eigenvalue weighted by Crippen LogP contribution is 2.31. The summed E-state index contributed by atoms with van der Waals surface area (Å²) < 4.78 is 71.3. The van der Waals surface area contributed by atoms with E-state index in [9.17, 15) is 26.7 Å². The average molecular weight is 494 g/mol. The van der Waals surface area contributed by atoms with Gasteiger partial charge < -0.3 is 10.1 Å². The third-order valence-electron chi connectivity index (χ3n) is 5.34. The molecule has 0 spiro atoms. The molecule has 3 aromatic rings. The molecule has 35 heavy (non-hydrogen) atoms. The number of ether oxygens (including phenoxy) is 1. The van der Waals surface area contributed by atoms with E-state index >= 15 is 0 Å². The molecule has 1 aliphatic heterocycles. The minimum absolute atomic E-state index is 0.0609. The largest absolute Gasteiger partial charge is 0.447 e. The number of nitrogens with zero attached hydrogens (tertiary/aromatic N) is 5. The third-order valence-corrected chi connectivity index (χ3v) is 5.34. The molecule has 1 unspecified atom stereocenters. The van der Waals surface area contributed by atoms with E-state index in [-0.39, 0.29) is 12.6 Å². The molecule has 184 valence electrons. The highest BCUT2D eigenvalue weighted by Gasteiger charge is 2.40. The van der Waals surface area contributed by atoms with Crippen LogP contribution in [-0.2, 0) is 10.9 Å². The summed E-state index contributed by atoms with van der Waals surface area (Å²) in [6, 6.07) is 2.99. The Morgan fingerprint density at radius 1 is 1.06 bits per heavy atom. The minimum Gasteiger partial charge on any atom is -0.447 e. The lowest BCUT2D eigenvalue weighted by molar-refractivity contribution is -0.137. The van der Waals surface area contributed by atoms with Crippen molar-refractivity contribution in [2.24, 2.45) is 0 Å². The summed E-state index contributed by atoms with van der Waals surface area (Å²) in [6.07, 6.45) is -3.08. The van der Waals surface area contributed by atoms with E-state index in [1.807, 2.05) is 0 Å². The quantitative estimate of drug-likeness (QED) is 0.485. The fourth-order valence-electron chi connectivity index (χ4n) is 3.43. The monoisotopic (exact) mass is 494 g/mol. The van der Waals surface area contributed by atoms with Crippen molar-refractivity contribution >= 4 is 17.9 Å². The van der Waals surface area contributed by atoms with Crippen LogP contribution in [0.15, 0.2) is 42.9 Å². The fourth-order valence-corrected chi connectivity index (χ4v) is 3.43. The van der Waals surface area contributed by atoms with Crippen molar-refractivity contribution in [3.8, 4) is 11.1 Å². The van der Waals surface area contributed by atoms with E-state index in [1.165, 1.54) is 31.5 Å². The molecule has 13 heteroatoms. The van der Waals surface area contributed by atoms with Crippen LogP contribution in [0.2, 0.25) is 0 Å². The van der Waals surface area contributed by atoms with Crippen LogP contribution in [0.5, 0.6) is 0 Å². The number of hydrogen-bond acceptors (Lipinski definition) is 7. The van der Waals surface area contributed by atoms with Crippen LogP contribution in [0.4, 0.5) is 38.5 Å². The van der Waals surface area contributed by atoms with Crippen molar-refractivity contribution in [2.75, 3.05) is 16.8 Å². The Bertz CT molecular complexity index is 1200. The highest BCUT2D eigenvalue weighted by molar-refractivity contribution is 5.89. The molecule has 1 saturated heterocycles. The number of nitrogens with one attached hydrogen (secondary N) is 1. The van der Waals surface area contributed by atoms with Gasteiger partial charge in [0.2, 0.25) is 5.95 Å². The molecule has 3 heterocycles. The van der Waals surface area contributed by atoms with Crippen LogP contribution in [0, 0.1) is 5.82 Å². The van der Waals surface area contributed by atoms with Crippen molar-refractivity contribution in [2.45, 2.75) is 38.3 Å². The predicted molar refractivity (Wildman–Crippen MR) is 115 cm³/mol. The zero-order valence-electron chi connectivity index (χ0n) is 18.4. The Morgan fingerprint density at radius 3 is 2.31 bits per heavy atom. The maximum atomic E-state index is 14.4. The van der Waals surface area contributed by atoms with Gasteiger partial charge in [-0.25, -0.2) is 33.4 Å². The summed E-state index contributed by atoms with van der Waals surface area (Å²) in [7, 11) is 0. The number of hydrogen-bond donors (Lipinski definition) is 1. The van der Waals surface area contributed by atoms with Gasteiger partial charge >= 0.3 is 12.3 Å². The normalized spacial score (nSPS) is 17.7. The molecule has 0 radical (unpaired) electrons. The minimum atomic E-state index is -4.43. The first-order chi connectivity index (χ1) is 16.5. The van der Waals surface area contributed by atoms with Crippen LogP contribution in [-0.4, -0.2) is 44.8 Å². The predicted octanol–water partition coefficient (Wildman–Crippen LogP) is 4.95.